The number of methoxy groups -OCH3 is 2. The third-order valence-corrected chi connectivity index (χ3v) is 6.12. The Balaban J connectivity index is 1.42. The Kier molecular flexibility index (Phi) is 5.72. The molecule has 2 aromatic rings. The van der Waals surface area contributed by atoms with Gasteiger partial charge < -0.3 is 14.8 Å². The molecular weight excluding hydrogens is 371 g/mol. The fraction of sp³-hybridized carbons (Fsp3) is 0.435. The van der Waals surface area contributed by atoms with Crippen LogP contribution in [0.4, 0.5) is 4.39 Å². The molecule has 2 fully saturated rings. The number of halogens is 1. The van der Waals surface area contributed by atoms with E-state index in [-0.39, 0.29) is 17.8 Å². The standard InChI is InChI=1S/C23H27FN2O3/c1-28-21-8-4-7-20(22(21)29-2)23(27)25-17-12-18-9-10-19(13-17)26(18)14-15-5-3-6-16(24)11-15/h3-8,11,17-19H,9-10,12-14H2,1-2H3,(H,25,27). The summed E-state index contributed by atoms with van der Waals surface area (Å²) in [6.45, 7) is 0.761. The summed E-state index contributed by atoms with van der Waals surface area (Å²) in [6, 6.07) is 13.1. The summed E-state index contributed by atoms with van der Waals surface area (Å²) in [6.07, 6.45) is 4.05. The fourth-order valence-corrected chi connectivity index (χ4v) is 4.83. The lowest BCUT2D eigenvalue weighted by atomic mass is 9.96. The zero-order valence-corrected chi connectivity index (χ0v) is 16.9. The second-order valence-electron chi connectivity index (χ2n) is 7.87. The minimum absolute atomic E-state index is 0.125. The zero-order valence-electron chi connectivity index (χ0n) is 16.9. The van der Waals surface area contributed by atoms with E-state index in [4.69, 9.17) is 9.47 Å². The number of fused-ring (bicyclic) bond motifs is 2. The van der Waals surface area contributed by atoms with Gasteiger partial charge >= 0.3 is 0 Å². The molecule has 0 radical (unpaired) electrons. The summed E-state index contributed by atoms with van der Waals surface area (Å²) in [5, 5.41) is 3.19. The molecule has 1 N–H and O–H groups in total. The minimum Gasteiger partial charge on any atom is -0.493 e. The van der Waals surface area contributed by atoms with Crippen molar-refractivity contribution in [1.82, 2.24) is 10.2 Å². The molecule has 154 valence electrons. The molecule has 4 rings (SSSR count). The van der Waals surface area contributed by atoms with E-state index in [1.165, 1.54) is 6.07 Å². The van der Waals surface area contributed by atoms with Crippen molar-refractivity contribution < 1.29 is 18.7 Å². The van der Waals surface area contributed by atoms with Gasteiger partial charge in [-0.25, -0.2) is 4.39 Å². The maximum atomic E-state index is 13.5. The first-order chi connectivity index (χ1) is 14.1. The monoisotopic (exact) mass is 398 g/mol. The Labute approximate surface area is 170 Å². The van der Waals surface area contributed by atoms with Gasteiger partial charge in [0.05, 0.1) is 19.8 Å². The Morgan fingerprint density at radius 2 is 1.83 bits per heavy atom. The van der Waals surface area contributed by atoms with E-state index in [2.05, 4.69) is 10.2 Å². The number of para-hydroxylation sites is 1. The van der Waals surface area contributed by atoms with Crippen LogP contribution in [0.3, 0.4) is 0 Å². The molecule has 5 nitrogen and oxygen atoms in total. The van der Waals surface area contributed by atoms with E-state index in [1.54, 1.807) is 44.6 Å². The number of nitrogens with one attached hydrogen (secondary N) is 1. The van der Waals surface area contributed by atoms with Crippen molar-refractivity contribution in [2.45, 2.75) is 50.4 Å². The number of carbonyl (C=O) groups excluding carboxylic acids is 1. The van der Waals surface area contributed by atoms with Crippen LogP contribution in [0.15, 0.2) is 42.5 Å². The van der Waals surface area contributed by atoms with Crippen LogP contribution in [0.5, 0.6) is 11.5 Å². The van der Waals surface area contributed by atoms with E-state index in [0.29, 0.717) is 29.1 Å². The number of hydrogen-bond donors (Lipinski definition) is 1. The number of ether oxygens (including phenoxy) is 2. The summed E-state index contributed by atoms with van der Waals surface area (Å²) in [7, 11) is 3.10. The second kappa shape index (κ2) is 8.41. The third-order valence-electron chi connectivity index (χ3n) is 6.12. The summed E-state index contributed by atoms with van der Waals surface area (Å²) in [4.78, 5) is 15.4. The van der Waals surface area contributed by atoms with Crippen molar-refractivity contribution in [3.8, 4) is 11.5 Å². The van der Waals surface area contributed by atoms with Gasteiger partial charge in [0.1, 0.15) is 5.82 Å². The summed E-state index contributed by atoms with van der Waals surface area (Å²) < 4.78 is 24.2. The van der Waals surface area contributed by atoms with Crippen LogP contribution in [-0.4, -0.2) is 43.2 Å². The molecule has 1 amide bonds. The van der Waals surface area contributed by atoms with Crippen molar-refractivity contribution in [3.05, 3.63) is 59.4 Å². The minimum atomic E-state index is -0.191. The molecule has 29 heavy (non-hydrogen) atoms. The van der Waals surface area contributed by atoms with Crippen molar-refractivity contribution in [2.24, 2.45) is 0 Å². The first-order valence-corrected chi connectivity index (χ1v) is 10.1. The molecule has 0 saturated carbocycles. The normalized spacial score (nSPS) is 23.6. The average Bonchev–Trinajstić information content (AvgIpc) is 2.95. The van der Waals surface area contributed by atoms with Crippen LogP contribution in [0, 0.1) is 5.82 Å². The van der Waals surface area contributed by atoms with E-state index < -0.39 is 0 Å². The summed E-state index contributed by atoms with van der Waals surface area (Å²) in [5.41, 5.74) is 1.49. The number of carbonyl (C=O) groups is 1. The Bertz CT molecular complexity index is 874. The van der Waals surface area contributed by atoms with Gasteiger partial charge in [0.25, 0.3) is 5.91 Å². The fourth-order valence-electron chi connectivity index (χ4n) is 4.83. The molecule has 2 atom stereocenters. The molecule has 2 aliphatic heterocycles. The highest BCUT2D eigenvalue weighted by Crippen LogP contribution is 2.37. The lowest BCUT2D eigenvalue weighted by Crippen LogP contribution is -2.50. The van der Waals surface area contributed by atoms with Gasteiger partial charge in [-0.3, -0.25) is 9.69 Å². The van der Waals surface area contributed by atoms with Gasteiger partial charge in [0.2, 0.25) is 0 Å². The molecular formula is C23H27FN2O3. The maximum absolute atomic E-state index is 13.5. The number of amides is 1. The summed E-state index contributed by atoms with van der Waals surface area (Å²) >= 11 is 0. The van der Waals surface area contributed by atoms with Crippen LogP contribution in [0.25, 0.3) is 0 Å². The zero-order chi connectivity index (χ0) is 20.4. The van der Waals surface area contributed by atoms with Gasteiger partial charge in [0, 0.05) is 24.7 Å². The van der Waals surface area contributed by atoms with E-state index in [9.17, 15) is 9.18 Å². The molecule has 2 aromatic carbocycles. The number of rotatable bonds is 6. The van der Waals surface area contributed by atoms with E-state index >= 15 is 0 Å². The SMILES string of the molecule is COc1cccc(C(=O)NC2CC3CCC(C2)N3Cc2cccc(F)c2)c1OC. The lowest BCUT2D eigenvalue weighted by Gasteiger charge is -2.39. The molecule has 2 unspecified atom stereocenters. The van der Waals surface area contributed by atoms with Crippen molar-refractivity contribution in [1.29, 1.82) is 0 Å². The highest BCUT2D eigenvalue weighted by Gasteiger charge is 2.41. The molecule has 0 aromatic heterocycles. The smallest absolute Gasteiger partial charge is 0.255 e. The average molecular weight is 398 g/mol. The number of benzene rings is 2. The van der Waals surface area contributed by atoms with Crippen molar-refractivity contribution >= 4 is 5.91 Å². The molecule has 0 aliphatic carbocycles. The third kappa shape index (κ3) is 4.08. The van der Waals surface area contributed by atoms with Gasteiger partial charge in [-0.05, 0) is 55.5 Å². The molecule has 2 saturated heterocycles. The second-order valence-corrected chi connectivity index (χ2v) is 7.87. The van der Waals surface area contributed by atoms with Crippen molar-refractivity contribution in [2.75, 3.05) is 14.2 Å². The molecule has 0 spiro atoms. The van der Waals surface area contributed by atoms with Crippen LogP contribution >= 0.6 is 0 Å². The van der Waals surface area contributed by atoms with Gasteiger partial charge in [-0.15, -0.1) is 0 Å². The van der Waals surface area contributed by atoms with Crippen molar-refractivity contribution in [3.63, 3.8) is 0 Å². The Morgan fingerprint density at radius 3 is 2.48 bits per heavy atom. The van der Waals surface area contributed by atoms with Gasteiger partial charge in [-0.2, -0.15) is 0 Å². The molecule has 2 heterocycles. The topological polar surface area (TPSA) is 50.8 Å². The van der Waals surface area contributed by atoms with Gasteiger partial charge in [-0.1, -0.05) is 18.2 Å². The highest BCUT2D eigenvalue weighted by molar-refractivity contribution is 5.98. The van der Waals surface area contributed by atoms with Crippen LogP contribution in [0.2, 0.25) is 0 Å². The maximum Gasteiger partial charge on any atom is 0.255 e. The number of hydrogen-bond acceptors (Lipinski definition) is 4. The Hall–Kier alpha value is -2.60. The lowest BCUT2D eigenvalue weighted by molar-refractivity contribution is 0.0824. The Morgan fingerprint density at radius 1 is 1.10 bits per heavy atom. The largest absolute Gasteiger partial charge is 0.493 e. The predicted octanol–water partition coefficient (Wildman–Crippen LogP) is 3.77. The first-order valence-electron chi connectivity index (χ1n) is 10.1. The number of nitrogens with zero attached hydrogens (tertiary/aromatic N) is 1. The quantitative estimate of drug-likeness (QED) is 0.805. The predicted molar refractivity (Wildman–Crippen MR) is 109 cm³/mol. The molecule has 2 bridgehead atoms. The van der Waals surface area contributed by atoms with Crippen LogP contribution in [-0.2, 0) is 6.54 Å². The molecule has 6 heteroatoms. The summed E-state index contributed by atoms with van der Waals surface area (Å²) in [5.74, 6) is 0.678. The number of piperidine rings is 1. The molecule has 2 aliphatic rings. The van der Waals surface area contributed by atoms with Crippen LogP contribution in [0.1, 0.15) is 41.6 Å². The van der Waals surface area contributed by atoms with Gasteiger partial charge in [0.15, 0.2) is 11.5 Å². The highest BCUT2D eigenvalue weighted by atomic mass is 19.1. The van der Waals surface area contributed by atoms with E-state index in [0.717, 1.165) is 37.8 Å². The van der Waals surface area contributed by atoms with E-state index in [1.807, 2.05) is 6.07 Å². The van der Waals surface area contributed by atoms with Crippen LogP contribution < -0.4 is 14.8 Å². The first kappa shape index (κ1) is 19.7.